The molecule has 0 saturated heterocycles. The lowest BCUT2D eigenvalue weighted by Gasteiger charge is -2.26. The maximum Gasteiger partial charge on any atom is 0.0343 e. The van der Waals surface area contributed by atoms with Gasteiger partial charge in [0, 0.05) is 12.2 Å². The van der Waals surface area contributed by atoms with E-state index in [2.05, 4.69) is 57.3 Å². The van der Waals surface area contributed by atoms with Gasteiger partial charge in [-0.15, -0.1) is 0 Å². The molecule has 0 heterocycles. The predicted octanol–water partition coefficient (Wildman–Crippen LogP) is 4.71. The molecule has 18 heavy (non-hydrogen) atoms. The molecule has 1 aliphatic carbocycles. The molecule has 1 aliphatic rings. The molecule has 0 radical (unpaired) electrons. The number of benzene rings is 1. The van der Waals surface area contributed by atoms with Crippen molar-refractivity contribution < 1.29 is 0 Å². The van der Waals surface area contributed by atoms with Crippen LogP contribution in [0.3, 0.4) is 0 Å². The fourth-order valence-electron chi connectivity index (χ4n) is 2.96. The molecule has 2 rings (SSSR count). The summed E-state index contributed by atoms with van der Waals surface area (Å²) in [6.07, 6.45) is 4.99. The molecule has 0 aliphatic heterocycles. The largest absolute Gasteiger partial charge is 0.385 e. The van der Waals surface area contributed by atoms with Crippen molar-refractivity contribution in [3.8, 4) is 0 Å². The molecular formula is C17H25N. The van der Waals surface area contributed by atoms with Crippen molar-refractivity contribution in [1.29, 1.82) is 0 Å². The van der Waals surface area contributed by atoms with Gasteiger partial charge in [-0.2, -0.15) is 0 Å². The average Bonchev–Trinajstić information content (AvgIpc) is 2.29. The topological polar surface area (TPSA) is 12.0 Å². The Morgan fingerprint density at radius 2 is 1.94 bits per heavy atom. The van der Waals surface area contributed by atoms with Gasteiger partial charge in [0.25, 0.3) is 0 Å². The van der Waals surface area contributed by atoms with Gasteiger partial charge in [0.05, 0.1) is 0 Å². The van der Waals surface area contributed by atoms with Gasteiger partial charge in [0.2, 0.25) is 0 Å². The van der Waals surface area contributed by atoms with E-state index in [-0.39, 0.29) is 0 Å². The van der Waals surface area contributed by atoms with Crippen molar-refractivity contribution in [3.63, 3.8) is 0 Å². The van der Waals surface area contributed by atoms with Crippen LogP contribution in [0.15, 0.2) is 29.8 Å². The highest BCUT2D eigenvalue weighted by Gasteiger charge is 2.17. The molecule has 0 bridgehead atoms. The molecule has 1 aromatic carbocycles. The summed E-state index contributed by atoms with van der Waals surface area (Å²) >= 11 is 0. The number of aryl methyl sites for hydroxylation is 2. The molecule has 1 nitrogen and oxygen atoms in total. The third-order valence-electron chi connectivity index (χ3n) is 3.99. The van der Waals surface area contributed by atoms with Crippen LogP contribution < -0.4 is 5.32 Å². The molecule has 0 aromatic heterocycles. The Balaban J connectivity index is 1.92. The van der Waals surface area contributed by atoms with Crippen LogP contribution in [0.4, 0.5) is 5.69 Å². The number of hydrogen-bond acceptors (Lipinski definition) is 1. The van der Waals surface area contributed by atoms with E-state index in [4.69, 9.17) is 0 Å². The zero-order valence-corrected chi connectivity index (χ0v) is 12.1. The van der Waals surface area contributed by atoms with Gasteiger partial charge in [0.1, 0.15) is 0 Å². The summed E-state index contributed by atoms with van der Waals surface area (Å²) < 4.78 is 0. The minimum Gasteiger partial charge on any atom is -0.385 e. The van der Waals surface area contributed by atoms with Crippen molar-refractivity contribution in [2.24, 2.45) is 11.8 Å². The van der Waals surface area contributed by atoms with Crippen LogP contribution >= 0.6 is 0 Å². The third kappa shape index (κ3) is 3.38. The summed E-state index contributed by atoms with van der Waals surface area (Å²) in [5.74, 6) is 1.52. The Bertz CT molecular complexity index is 445. The van der Waals surface area contributed by atoms with Crippen LogP contribution in [0.5, 0.6) is 0 Å². The highest BCUT2D eigenvalue weighted by Crippen LogP contribution is 2.28. The van der Waals surface area contributed by atoms with Crippen LogP contribution in [0.1, 0.15) is 37.8 Å². The number of rotatable bonds is 3. The van der Waals surface area contributed by atoms with Crippen molar-refractivity contribution in [2.75, 3.05) is 11.9 Å². The van der Waals surface area contributed by atoms with Gasteiger partial charge in [-0.1, -0.05) is 24.6 Å². The zero-order valence-electron chi connectivity index (χ0n) is 12.1. The Hall–Kier alpha value is -1.24. The molecule has 0 saturated carbocycles. The minimum atomic E-state index is 0.741. The monoisotopic (exact) mass is 243 g/mol. The van der Waals surface area contributed by atoms with Crippen molar-refractivity contribution in [2.45, 2.75) is 40.5 Å². The molecule has 1 N–H and O–H groups in total. The number of anilines is 1. The van der Waals surface area contributed by atoms with Gasteiger partial charge in [-0.25, -0.2) is 0 Å². The zero-order chi connectivity index (χ0) is 13.1. The van der Waals surface area contributed by atoms with E-state index < -0.39 is 0 Å². The first-order valence-electron chi connectivity index (χ1n) is 7.03. The van der Waals surface area contributed by atoms with Crippen molar-refractivity contribution in [1.82, 2.24) is 0 Å². The highest BCUT2D eigenvalue weighted by molar-refractivity contribution is 5.48. The van der Waals surface area contributed by atoms with E-state index in [0.29, 0.717) is 0 Å². The summed E-state index contributed by atoms with van der Waals surface area (Å²) in [6, 6.07) is 6.65. The van der Waals surface area contributed by atoms with Crippen molar-refractivity contribution in [3.05, 3.63) is 41.0 Å². The van der Waals surface area contributed by atoms with Crippen molar-refractivity contribution >= 4 is 5.69 Å². The van der Waals surface area contributed by atoms with E-state index >= 15 is 0 Å². The van der Waals surface area contributed by atoms with Gasteiger partial charge >= 0.3 is 0 Å². The lowest BCUT2D eigenvalue weighted by molar-refractivity contribution is 0.421. The maximum absolute atomic E-state index is 3.60. The smallest absolute Gasteiger partial charge is 0.0343 e. The van der Waals surface area contributed by atoms with Gasteiger partial charge in [-0.05, 0) is 68.7 Å². The van der Waals surface area contributed by atoms with E-state index in [9.17, 15) is 0 Å². The predicted molar refractivity (Wildman–Crippen MR) is 80.1 cm³/mol. The molecule has 2 atom stereocenters. The Morgan fingerprint density at radius 3 is 2.61 bits per heavy atom. The second-order valence-corrected chi connectivity index (χ2v) is 5.98. The maximum atomic E-state index is 3.60. The fourth-order valence-corrected chi connectivity index (χ4v) is 2.96. The molecule has 1 heteroatoms. The quantitative estimate of drug-likeness (QED) is 0.758. The molecule has 0 amide bonds. The average molecular weight is 243 g/mol. The fraction of sp³-hybridized carbons (Fsp3) is 0.529. The van der Waals surface area contributed by atoms with E-state index in [1.54, 1.807) is 5.57 Å². The Labute approximate surface area is 111 Å². The first-order valence-corrected chi connectivity index (χ1v) is 7.03. The molecule has 98 valence electrons. The molecule has 1 aromatic rings. The molecule has 2 unspecified atom stereocenters. The van der Waals surface area contributed by atoms with E-state index in [1.165, 1.54) is 29.7 Å². The molecule has 0 spiro atoms. The summed E-state index contributed by atoms with van der Waals surface area (Å²) in [5, 5.41) is 3.60. The second-order valence-electron chi connectivity index (χ2n) is 5.98. The minimum absolute atomic E-state index is 0.741. The number of hydrogen-bond donors (Lipinski definition) is 1. The summed E-state index contributed by atoms with van der Waals surface area (Å²) in [7, 11) is 0. The number of nitrogens with one attached hydrogen (secondary N) is 1. The van der Waals surface area contributed by atoms with Crippen LogP contribution in [0.25, 0.3) is 0 Å². The summed E-state index contributed by atoms with van der Waals surface area (Å²) in [6.45, 7) is 10.0. The standard InChI is InChI=1S/C17H25N/c1-12-7-13(2)9-16(8-12)11-18-17-6-5-14(3)15(4)10-17/h5-7,10,12,16,18H,8-9,11H2,1-4H3. The van der Waals surface area contributed by atoms with Gasteiger partial charge in [-0.3, -0.25) is 0 Å². The number of allylic oxidation sites excluding steroid dienone is 2. The molecule has 0 fully saturated rings. The van der Waals surface area contributed by atoms with E-state index in [1.807, 2.05) is 0 Å². The van der Waals surface area contributed by atoms with Crippen LogP contribution in [-0.4, -0.2) is 6.54 Å². The molecular weight excluding hydrogens is 218 g/mol. The van der Waals surface area contributed by atoms with Crippen LogP contribution in [-0.2, 0) is 0 Å². The summed E-state index contributed by atoms with van der Waals surface area (Å²) in [4.78, 5) is 0. The lowest BCUT2D eigenvalue weighted by Crippen LogP contribution is -2.20. The lowest BCUT2D eigenvalue weighted by atomic mass is 9.84. The highest BCUT2D eigenvalue weighted by atomic mass is 14.9. The first-order chi connectivity index (χ1) is 8.54. The normalized spacial score (nSPS) is 23.7. The second kappa shape index (κ2) is 5.60. The van der Waals surface area contributed by atoms with Gasteiger partial charge < -0.3 is 5.32 Å². The SMILES string of the molecule is CC1=CC(C)CC(CNc2ccc(C)c(C)c2)C1. The Kier molecular flexibility index (Phi) is 4.11. The van der Waals surface area contributed by atoms with Gasteiger partial charge in [0.15, 0.2) is 0 Å². The summed E-state index contributed by atoms with van der Waals surface area (Å²) in [5.41, 5.74) is 5.55. The van der Waals surface area contributed by atoms with E-state index in [0.717, 1.165) is 18.4 Å². The van der Waals surface area contributed by atoms with Crippen LogP contribution in [0, 0.1) is 25.7 Å². The van der Waals surface area contributed by atoms with Crippen LogP contribution in [0.2, 0.25) is 0 Å². The Morgan fingerprint density at radius 1 is 1.17 bits per heavy atom. The third-order valence-corrected chi connectivity index (χ3v) is 3.99. The first kappa shape index (κ1) is 13.2.